The Labute approximate surface area is 84.0 Å². The SMILES string of the molecule is COC(=O)C12CCC(CC1)CC2C#N. The molecule has 0 radical (unpaired) electrons. The van der Waals surface area contributed by atoms with Crippen LogP contribution in [0.1, 0.15) is 32.1 Å². The van der Waals surface area contributed by atoms with Gasteiger partial charge in [0.1, 0.15) is 0 Å². The fraction of sp³-hybridized carbons (Fsp3) is 0.818. The van der Waals surface area contributed by atoms with Crippen LogP contribution in [0.15, 0.2) is 0 Å². The number of hydrogen-bond acceptors (Lipinski definition) is 3. The maximum atomic E-state index is 11.7. The fourth-order valence-corrected chi connectivity index (χ4v) is 3.06. The maximum absolute atomic E-state index is 11.7. The molecule has 0 aromatic rings. The van der Waals surface area contributed by atoms with E-state index in [0.29, 0.717) is 5.92 Å². The van der Waals surface area contributed by atoms with Crippen LogP contribution < -0.4 is 0 Å². The molecule has 14 heavy (non-hydrogen) atoms. The van der Waals surface area contributed by atoms with Crippen LogP contribution in [-0.2, 0) is 9.53 Å². The number of nitriles is 1. The van der Waals surface area contributed by atoms with Gasteiger partial charge in [0.2, 0.25) is 0 Å². The molecule has 0 N–H and O–H groups in total. The summed E-state index contributed by atoms with van der Waals surface area (Å²) in [5.74, 6) is 0.399. The summed E-state index contributed by atoms with van der Waals surface area (Å²) in [5, 5.41) is 9.06. The van der Waals surface area contributed by atoms with Crippen molar-refractivity contribution in [1.82, 2.24) is 0 Å². The molecule has 3 rings (SSSR count). The average Bonchev–Trinajstić information content (AvgIpc) is 2.29. The molecule has 0 aromatic heterocycles. The van der Waals surface area contributed by atoms with Crippen molar-refractivity contribution in [1.29, 1.82) is 5.26 Å². The van der Waals surface area contributed by atoms with Crippen molar-refractivity contribution in [2.24, 2.45) is 17.3 Å². The summed E-state index contributed by atoms with van der Waals surface area (Å²) in [6, 6.07) is 2.29. The van der Waals surface area contributed by atoms with Crippen molar-refractivity contribution in [3.8, 4) is 6.07 Å². The summed E-state index contributed by atoms with van der Waals surface area (Å²) in [6.45, 7) is 0. The Morgan fingerprint density at radius 1 is 1.50 bits per heavy atom. The number of esters is 1. The van der Waals surface area contributed by atoms with Gasteiger partial charge in [0.15, 0.2) is 0 Å². The molecule has 0 spiro atoms. The Hall–Kier alpha value is -1.04. The molecule has 76 valence electrons. The molecule has 1 atom stereocenters. The first-order valence-corrected chi connectivity index (χ1v) is 5.21. The van der Waals surface area contributed by atoms with Gasteiger partial charge in [-0.2, -0.15) is 5.26 Å². The van der Waals surface area contributed by atoms with Crippen LogP contribution in [0.4, 0.5) is 0 Å². The lowest BCUT2D eigenvalue weighted by molar-refractivity contribution is -0.162. The van der Waals surface area contributed by atoms with Gasteiger partial charge in [-0.1, -0.05) is 0 Å². The molecule has 3 nitrogen and oxygen atoms in total. The number of hydrogen-bond donors (Lipinski definition) is 0. The van der Waals surface area contributed by atoms with Gasteiger partial charge in [-0.05, 0) is 38.0 Å². The molecule has 0 amide bonds. The Bertz CT molecular complexity index is 284. The number of carbonyl (C=O) groups excluding carboxylic acids is 1. The van der Waals surface area contributed by atoms with Gasteiger partial charge in [-0.25, -0.2) is 0 Å². The normalized spacial score (nSPS) is 40.3. The molecule has 3 saturated carbocycles. The van der Waals surface area contributed by atoms with E-state index in [9.17, 15) is 4.79 Å². The standard InChI is InChI=1S/C11H15NO2/c1-14-10(13)11-4-2-8(3-5-11)6-9(11)7-12/h8-9H,2-6H2,1H3. The lowest BCUT2D eigenvalue weighted by Gasteiger charge is -2.47. The largest absolute Gasteiger partial charge is 0.469 e. The molecule has 0 aliphatic heterocycles. The number of nitrogens with zero attached hydrogens (tertiary/aromatic N) is 1. The first-order chi connectivity index (χ1) is 6.73. The highest BCUT2D eigenvalue weighted by atomic mass is 16.5. The molecule has 3 aliphatic rings. The van der Waals surface area contributed by atoms with E-state index in [1.807, 2.05) is 0 Å². The first kappa shape index (κ1) is 9.51. The van der Waals surface area contributed by atoms with Crippen LogP contribution in [0.2, 0.25) is 0 Å². The molecule has 2 bridgehead atoms. The van der Waals surface area contributed by atoms with E-state index in [1.54, 1.807) is 0 Å². The third kappa shape index (κ3) is 1.13. The zero-order chi connectivity index (χ0) is 10.2. The van der Waals surface area contributed by atoms with Crippen LogP contribution in [0, 0.1) is 28.6 Å². The fourth-order valence-electron chi connectivity index (χ4n) is 3.06. The van der Waals surface area contributed by atoms with Gasteiger partial charge in [0.05, 0.1) is 24.5 Å². The minimum atomic E-state index is -0.460. The number of methoxy groups -OCH3 is 1. The van der Waals surface area contributed by atoms with Crippen molar-refractivity contribution in [3.05, 3.63) is 0 Å². The maximum Gasteiger partial charge on any atom is 0.313 e. The van der Waals surface area contributed by atoms with Gasteiger partial charge in [0, 0.05) is 0 Å². The van der Waals surface area contributed by atoms with E-state index >= 15 is 0 Å². The summed E-state index contributed by atoms with van der Waals surface area (Å²) in [6.07, 6.45) is 4.78. The van der Waals surface area contributed by atoms with E-state index in [1.165, 1.54) is 7.11 Å². The van der Waals surface area contributed by atoms with Crippen LogP contribution in [-0.4, -0.2) is 13.1 Å². The third-order valence-corrected chi connectivity index (χ3v) is 3.98. The number of ether oxygens (including phenoxy) is 1. The van der Waals surface area contributed by atoms with Gasteiger partial charge in [0.25, 0.3) is 0 Å². The van der Waals surface area contributed by atoms with Crippen molar-refractivity contribution >= 4 is 5.97 Å². The van der Waals surface area contributed by atoms with Crippen LogP contribution in [0.3, 0.4) is 0 Å². The van der Waals surface area contributed by atoms with Crippen molar-refractivity contribution in [2.75, 3.05) is 7.11 Å². The lowest BCUT2D eigenvalue weighted by Crippen LogP contribution is -2.47. The van der Waals surface area contributed by atoms with E-state index in [-0.39, 0.29) is 11.9 Å². The van der Waals surface area contributed by atoms with E-state index in [2.05, 4.69) is 6.07 Å². The van der Waals surface area contributed by atoms with Crippen LogP contribution in [0.25, 0.3) is 0 Å². The number of rotatable bonds is 1. The molecular formula is C11H15NO2. The summed E-state index contributed by atoms with van der Waals surface area (Å²) in [5.41, 5.74) is -0.460. The van der Waals surface area contributed by atoms with Crippen molar-refractivity contribution < 1.29 is 9.53 Å². The third-order valence-electron chi connectivity index (χ3n) is 3.98. The smallest absolute Gasteiger partial charge is 0.313 e. The quantitative estimate of drug-likeness (QED) is 0.597. The molecule has 0 aromatic carbocycles. The second-order valence-electron chi connectivity index (χ2n) is 4.51. The first-order valence-electron chi connectivity index (χ1n) is 5.21. The molecule has 3 heteroatoms. The zero-order valence-electron chi connectivity index (χ0n) is 8.45. The van der Waals surface area contributed by atoms with Gasteiger partial charge < -0.3 is 4.74 Å². The van der Waals surface area contributed by atoms with E-state index in [4.69, 9.17) is 10.00 Å². The van der Waals surface area contributed by atoms with E-state index in [0.717, 1.165) is 32.1 Å². The lowest BCUT2D eigenvalue weighted by atomic mass is 9.55. The number of fused-ring (bicyclic) bond motifs is 3. The Morgan fingerprint density at radius 3 is 2.64 bits per heavy atom. The highest BCUT2D eigenvalue weighted by molar-refractivity contribution is 5.78. The van der Waals surface area contributed by atoms with Gasteiger partial charge in [-0.15, -0.1) is 0 Å². The Balaban J connectivity index is 2.29. The highest BCUT2D eigenvalue weighted by Crippen LogP contribution is 2.54. The molecular weight excluding hydrogens is 178 g/mol. The molecule has 3 aliphatic carbocycles. The van der Waals surface area contributed by atoms with Crippen molar-refractivity contribution in [2.45, 2.75) is 32.1 Å². The summed E-state index contributed by atoms with van der Waals surface area (Å²) in [7, 11) is 1.42. The Kier molecular flexibility index (Phi) is 2.22. The van der Waals surface area contributed by atoms with E-state index < -0.39 is 5.41 Å². The zero-order valence-corrected chi connectivity index (χ0v) is 8.45. The van der Waals surface area contributed by atoms with Crippen LogP contribution >= 0.6 is 0 Å². The highest BCUT2D eigenvalue weighted by Gasteiger charge is 2.53. The second-order valence-corrected chi connectivity index (χ2v) is 4.51. The minimum Gasteiger partial charge on any atom is -0.469 e. The summed E-state index contributed by atoms with van der Waals surface area (Å²) < 4.78 is 4.85. The average molecular weight is 193 g/mol. The number of carbonyl (C=O) groups is 1. The summed E-state index contributed by atoms with van der Waals surface area (Å²) in [4.78, 5) is 11.7. The molecule has 0 saturated heterocycles. The monoisotopic (exact) mass is 193 g/mol. The molecule has 0 heterocycles. The molecule has 3 fully saturated rings. The summed E-state index contributed by atoms with van der Waals surface area (Å²) >= 11 is 0. The minimum absolute atomic E-state index is 0.109. The predicted octanol–water partition coefficient (Wildman–Crippen LogP) is 1.88. The van der Waals surface area contributed by atoms with Gasteiger partial charge in [-0.3, -0.25) is 4.79 Å². The van der Waals surface area contributed by atoms with Crippen molar-refractivity contribution in [3.63, 3.8) is 0 Å². The molecule has 1 unspecified atom stereocenters. The second kappa shape index (κ2) is 3.27. The Morgan fingerprint density at radius 2 is 2.14 bits per heavy atom. The predicted molar refractivity (Wildman–Crippen MR) is 50.1 cm³/mol. The topological polar surface area (TPSA) is 50.1 Å². The van der Waals surface area contributed by atoms with Crippen LogP contribution in [0.5, 0.6) is 0 Å². The van der Waals surface area contributed by atoms with Gasteiger partial charge >= 0.3 is 5.97 Å².